The zero-order chi connectivity index (χ0) is 52.4. The standard InChI is InChI=1S/C37H37N.C36H35N/c1-25-14-12-20-31-34(25)26(2)30(37(31,5)24-27-15-8-7-9-16-27)19-13-21-33-36(3,4)32-23-22-28-17-10-11-18-29(28)35(32)38(33)6;1-25-28-17-11-12-19-31(28)36(4,24-26-14-7-6-8-15-26)30(25)20-13-21-33-35(2,3)32-23-22-27-16-9-10-18-29(27)34(32)37(33)5/h7-23H,24H2,1-6H3;6-23H,24H2,1-5H3/b19-13+,33-21+;20-13+,33-21+. The van der Waals surface area contributed by atoms with Crippen LogP contribution in [0.1, 0.15) is 105 Å². The number of hydrogen-bond acceptors (Lipinski definition) is 2. The number of allylic oxidation sites excluding steroid dienone is 12. The van der Waals surface area contributed by atoms with Gasteiger partial charge in [0.25, 0.3) is 0 Å². The third kappa shape index (κ3) is 8.16. The Morgan fingerprint density at radius 1 is 0.400 bits per heavy atom. The summed E-state index contributed by atoms with van der Waals surface area (Å²) in [5, 5.41) is 5.23. The summed E-state index contributed by atoms with van der Waals surface area (Å²) in [6.45, 7) is 21.1. The van der Waals surface area contributed by atoms with Gasteiger partial charge in [-0.2, -0.15) is 0 Å². The van der Waals surface area contributed by atoms with Crippen molar-refractivity contribution in [2.75, 3.05) is 23.9 Å². The van der Waals surface area contributed by atoms with Gasteiger partial charge in [0.1, 0.15) is 0 Å². The second kappa shape index (κ2) is 18.9. The highest BCUT2D eigenvalue weighted by molar-refractivity contribution is 6.00. The first kappa shape index (κ1) is 49.5. The van der Waals surface area contributed by atoms with Gasteiger partial charge in [-0.25, -0.2) is 0 Å². The van der Waals surface area contributed by atoms with Gasteiger partial charge < -0.3 is 9.80 Å². The minimum atomic E-state index is -0.0714. The summed E-state index contributed by atoms with van der Waals surface area (Å²) >= 11 is 0. The fourth-order valence-corrected chi connectivity index (χ4v) is 14.0. The molecule has 374 valence electrons. The van der Waals surface area contributed by atoms with E-state index in [0.29, 0.717) is 0 Å². The second-order valence-corrected chi connectivity index (χ2v) is 23.2. The van der Waals surface area contributed by atoms with E-state index in [4.69, 9.17) is 0 Å². The maximum absolute atomic E-state index is 2.43. The number of hydrogen-bond donors (Lipinski definition) is 0. The SMILES string of the molecule is CC1=C(/C=C/C=C2/N(C)c3c(ccc4ccccc34)C2(C)C)C(C)(Cc2ccccc2)c2cccc(C)c21.CC1=C(/C=C/C=C2/N(C)c3c(ccc4ccccc34)C2(C)C)C(C)(Cc2ccccc2)c2ccccc21. The van der Waals surface area contributed by atoms with Crippen LogP contribution in [0.4, 0.5) is 11.4 Å². The van der Waals surface area contributed by atoms with Crippen molar-refractivity contribution in [3.05, 3.63) is 285 Å². The van der Waals surface area contributed by atoms with Crippen LogP contribution in [0.3, 0.4) is 0 Å². The molecule has 12 rings (SSSR count). The largest absolute Gasteiger partial charge is 0.347 e. The van der Waals surface area contributed by atoms with E-state index in [1.54, 1.807) is 0 Å². The van der Waals surface area contributed by atoms with Crippen LogP contribution < -0.4 is 9.80 Å². The summed E-state index contributed by atoms with van der Waals surface area (Å²) in [6, 6.07) is 64.2. The molecule has 2 nitrogen and oxygen atoms in total. The van der Waals surface area contributed by atoms with Gasteiger partial charge in [-0.3, -0.25) is 0 Å². The first-order valence-corrected chi connectivity index (χ1v) is 27.1. The van der Waals surface area contributed by atoms with Crippen LogP contribution in [0, 0.1) is 6.92 Å². The third-order valence-electron chi connectivity index (χ3n) is 17.8. The molecule has 8 aromatic rings. The molecule has 0 spiro atoms. The number of fused-ring (bicyclic) bond motifs is 8. The first-order chi connectivity index (χ1) is 36.1. The zero-order valence-corrected chi connectivity index (χ0v) is 46.0. The molecule has 2 aliphatic carbocycles. The Labute approximate surface area is 447 Å². The third-order valence-corrected chi connectivity index (χ3v) is 17.8. The fraction of sp³-hybridized carbons (Fsp3) is 0.233. The summed E-state index contributed by atoms with van der Waals surface area (Å²) in [6.07, 6.45) is 16.0. The van der Waals surface area contributed by atoms with E-state index in [2.05, 4.69) is 299 Å². The summed E-state index contributed by atoms with van der Waals surface area (Å²) < 4.78 is 0. The van der Waals surface area contributed by atoms with Crippen LogP contribution in [-0.2, 0) is 34.5 Å². The highest BCUT2D eigenvalue weighted by atomic mass is 15.2. The molecule has 2 heteroatoms. The van der Waals surface area contributed by atoms with E-state index in [-0.39, 0.29) is 21.7 Å². The van der Waals surface area contributed by atoms with E-state index in [1.165, 1.54) is 117 Å². The normalized spacial score (nSPS) is 21.2. The van der Waals surface area contributed by atoms with Crippen LogP contribution in [0.5, 0.6) is 0 Å². The number of rotatable bonds is 8. The molecule has 0 fully saturated rings. The van der Waals surface area contributed by atoms with Crippen molar-refractivity contribution >= 4 is 44.1 Å². The molecule has 2 unspecified atom stereocenters. The first-order valence-electron chi connectivity index (χ1n) is 27.1. The van der Waals surface area contributed by atoms with Crippen LogP contribution in [0.2, 0.25) is 0 Å². The van der Waals surface area contributed by atoms with Crippen molar-refractivity contribution in [1.82, 2.24) is 0 Å². The second-order valence-electron chi connectivity index (χ2n) is 23.2. The summed E-state index contributed by atoms with van der Waals surface area (Å²) in [4.78, 5) is 4.80. The highest BCUT2D eigenvalue weighted by Crippen LogP contribution is 2.54. The molecule has 2 heterocycles. The van der Waals surface area contributed by atoms with Crippen molar-refractivity contribution < 1.29 is 0 Å². The van der Waals surface area contributed by atoms with E-state index in [9.17, 15) is 0 Å². The van der Waals surface area contributed by atoms with E-state index < -0.39 is 0 Å². The molecule has 75 heavy (non-hydrogen) atoms. The van der Waals surface area contributed by atoms with Gasteiger partial charge in [0.05, 0.1) is 11.4 Å². The van der Waals surface area contributed by atoms with Crippen molar-refractivity contribution in [1.29, 1.82) is 0 Å². The maximum Gasteiger partial charge on any atom is 0.0527 e. The molecule has 0 aromatic heterocycles. The van der Waals surface area contributed by atoms with Gasteiger partial charge in [0, 0.05) is 57.9 Å². The lowest BCUT2D eigenvalue weighted by Crippen LogP contribution is -2.25. The summed E-state index contributed by atoms with van der Waals surface area (Å²) in [7, 11) is 4.44. The van der Waals surface area contributed by atoms with Gasteiger partial charge in [-0.15, -0.1) is 0 Å². The van der Waals surface area contributed by atoms with Crippen LogP contribution in [0.15, 0.2) is 235 Å². The lowest BCUT2D eigenvalue weighted by molar-refractivity contribution is 0.577. The van der Waals surface area contributed by atoms with Gasteiger partial charge in [-0.05, 0) is 129 Å². The average molecular weight is 977 g/mol. The summed E-state index contributed by atoms with van der Waals surface area (Å²) in [5.41, 5.74) is 23.3. The predicted molar refractivity (Wildman–Crippen MR) is 323 cm³/mol. The van der Waals surface area contributed by atoms with E-state index in [1.807, 2.05) is 0 Å². The molecule has 0 N–H and O–H groups in total. The topological polar surface area (TPSA) is 6.48 Å². The Morgan fingerprint density at radius 2 is 0.827 bits per heavy atom. The molecule has 2 aliphatic heterocycles. The Morgan fingerprint density at radius 3 is 1.35 bits per heavy atom. The molecule has 0 saturated heterocycles. The summed E-state index contributed by atoms with van der Waals surface area (Å²) in [5.74, 6) is 0. The van der Waals surface area contributed by atoms with E-state index in [0.717, 1.165) is 12.8 Å². The average Bonchev–Trinajstić information content (AvgIpc) is 3.95. The van der Waals surface area contributed by atoms with Gasteiger partial charge in [-0.1, -0.05) is 242 Å². The van der Waals surface area contributed by atoms with Crippen molar-refractivity contribution in [3.63, 3.8) is 0 Å². The molecular weight excluding hydrogens is 905 g/mol. The predicted octanol–water partition coefficient (Wildman–Crippen LogP) is 18.3. The molecule has 2 atom stereocenters. The zero-order valence-electron chi connectivity index (χ0n) is 46.0. The molecule has 8 aromatic carbocycles. The molecule has 4 aliphatic rings. The fourth-order valence-electron chi connectivity index (χ4n) is 14.0. The minimum Gasteiger partial charge on any atom is -0.347 e. The molecule has 0 saturated carbocycles. The Kier molecular flexibility index (Phi) is 12.5. The maximum atomic E-state index is 2.43. The monoisotopic (exact) mass is 977 g/mol. The minimum absolute atomic E-state index is 0.0616. The number of benzene rings is 8. The number of aryl methyl sites for hydroxylation is 1. The number of likely N-dealkylation sites (N-methyl/N-ethyl adjacent to an activating group) is 2. The Balaban J connectivity index is 0.000000161. The molecule has 0 amide bonds. The van der Waals surface area contributed by atoms with Crippen molar-refractivity contribution in [2.24, 2.45) is 0 Å². The smallest absolute Gasteiger partial charge is 0.0527 e. The quantitative estimate of drug-likeness (QED) is 0.150. The van der Waals surface area contributed by atoms with Crippen LogP contribution >= 0.6 is 0 Å². The van der Waals surface area contributed by atoms with E-state index >= 15 is 0 Å². The number of anilines is 2. The lowest BCUT2D eigenvalue weighted by atomic mass is 9.74. The Hall–Kier alpha value is -7.68. The lowest BCUT2D eigenvalue weighted by Gasteiger charge is -2.29. The Bertz CT molecular complexity index is 3740. The van der Waals surface area contributed by atoms with Gasteiger partial charge in [0.15, 0.2) is 0 Å². The molecular formula is C73H72N2. The van der Waals surface area contributed by atoms with Crippen molar-refractivity contribution in [2.45, 2.75) is 96.8 Å². The van der Waals surface area contributed by atoms with Gasteiger partial charge >= 0.3 is 0 Å². The van der Waals surface area contributed by atoms with Crippen LogP contribution in [0.25, 0.3) is 32.7 Å². The van der Waals surface area contributed by atoms with Gasteiger partial charge in [0.2, 0.25) is 0 Å². The van der Waals surface area contributed by atoms with Crippen LogP contribution in [-0.4, -0.2) is 14.1 Å². The molecule has 0 radical (unpaired) electrons. The van der Waals surface area contributed by atoms with Crippen molar-refractivity contribution in [3.8, 4) is 0 Å². The highest BCUT2D eigenvalue weighted by Gasteiger charge is 2.43. The number of nitrogens with zero attached hydrogens (tertiary/aromatic N) is 2. The molecule has 0 bridgehead atoms.